The van der Waals surface area contributed by atoms with Crippen LogP contribution in [0.1, 0.15) is 29.3 Å². The largest absolute Gasteiger partial charge is 0.496 e. The first-order valence-corrected chi connectivity index (χ1v) is 5.97. The second-order valence-electron chi connectivity index (χ2n) is 4.21. The Morgan fingerprint density at radius 2 is 2.18 bits per heavy atom. The molecule has 0 heterocycles. The van der Waals surface area contributed by atoms with Gasteiger partial charge in [-0.2, -0.15) is 0 Å². The van der Waals surface area contributed by atoms with Gasteiger partial charge in [0.15, 0.2) is 5.78 Å². The molecule has 0 saturated heterocycles. The summed E-state index contributed by atoms with van der Waals surface area (Å²) in [5.41, 5.74) is 1.77. The monoisotopic (exact) mass is 235 g/mol. The van der Waals surface area contributed by atoms with Crippen LogP contribution in [0.15, 0.2) is 18.2 Å². The van der Waals surface area contributed by atoms with Crippen LogP contribution in [0.3, 0.4) is 0 Å². The van der Waals surface area contributed by atoms with Crippen LogP contribution in [0.25, 0.3) is 0 Å². The molecule has 1 rings (SSSR count). The molecule has 1 atom stereocenters. The van der Waals surface area contributed by atoms with E-state index in [9.17, 15) is 4.79 Å². The highest BCUT2D eigenvalue weighted by Crippen LogP contribution is 2.21. The van der Waals surface area contributed by atoms with Crippen molar-refractivity contribution < 1.29 is 9.53 Å². The molecule has 94 valence electrons. The number of methoxy groups -OCH3 is 1. The molecule has 17 heavy (non-hydrogen) atoms. The number of hydrogen-bond donors (Lipinski definition) is 1. The van der Waals surface area contributed by atoms with Gasteiger partial charge in [0.1, 0.15) is 5.75 Å². The third kappa shape index (κ3) is 3.30. The Bertz CT molecular complexity index is 388. The number of ether oxygens (including phenoxy) is 1. The molecule has 0 aliphatic rings. The van der Waals surface area contributed by atoms with Crippen LogP contribution in [-0.4, -0.2) is 26.5 Å². The van der Waals surface area contributed by atoms with E-state index < -0.39 is 0 Å². The Hall–Kier alpha value is -1.35. The molecular weight excluding hydrogens is 214 g/mol. The van der Waals surface area contributed by atoms with Crippen molar-refractivity contribution in [2.75, 3.05) is 20.7 Å². The first kappa shape index (κ1) is 13.7. The lowest BCUT2D eigenvalue weighted by molar-refractivity contribution is 0.0916. The zero-order valence-electron chi connectivity index (χ0n) is 11.0. The molecule has 0 spiro atoms. The van der Waals surface area contributed by atoms with E-state index >= 15 is 0 Å². The minimum atomic E-state index is 0.0489. The van der Waals surface area contributed by atoms with Gasteiger partial charge >= 0.3 is 0 Å². The molecule has 1 aromatic rings. The van der Waals surface area contributed by atoms with Crippen LogP contribution < -0.4 is 10.1 Å². The van der Waals surface area contributed by atoms with Gasteiger partial charge in [-0.25, -0.2) is 0 Å². The third-order valence-electron chi connectivity index (χ3n) is 2.99. The van der Waals surface area contributed by atoms with Crippen LogP contribution in [-0.2, 0) is 0 Å². The third-order valence-corrected chi connectivity index (χ3v) is 2.99. The minimum absolute atomic E-state index is 0.0489. The average Bonchev–Trinajstić information content (AvgIpc) is 2.35. The summed E-state index contributed by atoms with van der Waals surface area (Å²) in [4.78, 5) is 12.2. The van der Waals surface area contributed by atoms with E-state index in [4.69, 9.17) is 4.74 Å². The maximum absolute atomic E-state index is 12.2. The van der Waals surface area contributed by atoms with Gasteiger partial charge in [-0.1, -0.05) is 6.92 Å². The van der Waals surface area contributed by atoms with Crippen molar-refractivity contribution >= 4 is 5.78 Å². The number of rotatable bonds is 6. The van der Waals surface area contributed by atoms with Crippen molar-refractivity contribution in [3.63, 3.8) is 0 Å². The van der Waals surface area contributed by atoms with Crippen molar-refractivity contribution in [1.29, 1.82) is 0 Å². The van der Waals surface area contributed by atoms with Gasteiger partial charge in [0, 0.05) is 18.0 Å². The van der Waals surface area contributed by atoms with Crippen molar-refractivity contribution in [3.05, 3.63) is 29.3 Å². The quantitative estimate of drug-likeness (QED) is 0.770. The molecule has 0 amide bonds. The summed E-state index contributed by atoms with van der Waals surface area (Å²) in [5.74, 6) is 1.07. The minimum Gasteiger partial charge on any atom is -0.496 e. The Labute approximate surface area is 103 Å². The number of benzene rings is 1. The van der Waals surface area contributed by atoms with Crippen molar-refractivity contribution in [1.82, 2.24) is 5.32 Å². The van der Waals surface area contributed by atoms with Crippen molar-refractivity contribution in [2.24, 2.45) is 5.92 Å². The van der Waals surface area contributed by atoms with Gasteiger partial charge in [-0.05, 0) is 44.2 Å². The highest BCUT2D eigenvalue weighted by molar-refractivity contribution is 5.98. The highest BCUT2D eigenvalue weighted by Gasteiger charge is 2.18. The summed E-state index contributed by atoms with van der Waals surface area (Å²) >= 11 is 0. The number of aryl methyl sites for hydroxylation is 1. The number of carbonyl (C=O) groups is 1. The summed E-state index contributed by atoms with van der Waals surface area (Å²) in [7, 11) is 3.51. The van der Waals surface area contributed by atoms with Crippen LogP contribution in [0, 0.1) is 12.8 Å². The number of ketones is 1. The normalized spacial score (nSPS) is 12.2. The van der Waals surface area contributed by atoms with E-state index in [0.29, 0.717) is 0 Å². The zero-order valence-corrected chi connectivity index (χ0v) is 11.0. The molecule has 3 heteroatoms. The number of nitrogens with one attached hydrogen (secondary N) is 1. The molecule has 1 aromatic carbocycles. The summed E-state index contributed by atoms with van der Waals surface area (Å²) in [6, 6.07) is 5.60. The predicted octanol–water partition coefficient (Wildman–Crippen LogP) is 2.43. The van der Waals surface area contributed by atoms with E-state index in [0.717, 1.165) is 29.8 Å². The van der Waals surface area contributed by atoms with Crippen molar-refractivity contribution in [3.8, 4) is 5.75 Å². The molecule has 0 aliphatic carbocycles. The highest BCUT2D eigenvalue weighted by atomic mass is 16.5. The Morgan fingerprint density at radius 1 is 1.47 bits per heavy atom. The fourth-order valence-corrected chi connectivity index (χ4v) is 1.94. The molecule has 0 aromatic heterocycles. The van der Waals surface area contributed by atoms with Crippen LogP contribution >= 0.6 is 0 Å². The lowest BCUT2D eigenvalue weighted by atomic mass is 9.94. The molecule has 1 unspecified atom stereocenters. The summed E-state index contributed by atoms with van der Waals surface area (Å²) < 4.78 is 5.19. The molecule has 0 saturated carbocycles. The second-order valence-corrected chi connectivity index (χ2v) is 4.21. The fourth-order valence-electron chi connectivity index (χ4n) is 1.94. The summed E-state index contributed by atoms with van der Waals surface area (Å²) in [5, 5.41) is 3.06. The SMILES string of the molecule is CCC(CNC)C(=O)c1ccc(OC)c(C)c1. The summed E-state index contributed by atoms with van der Waals surface area (Å²) in [6.07, 6.45) is 0.852. The van der Waals surface area contributed by atoms with Crippen LogP contribution in [0.5, 0.6) is 5.75 Å². The van der Waals surface area contributed by atoms with Gasteiger partial charge in [0.25, 0.3) is 0 Å². The average molecular weight is 235 g/mol. The van der Waals surface area contributed by atoms with Crippen LogP contribution in [0.2, 0.25) is 0 Å². The van der Waals surface area contributed by atoms with E-state index in [1.165, 1.54) is 0 Å². The molecular formula is C14H21NO2. The van der Waals surface area contributed by atoms with Gasteiger partial charge in [0.2, 0.25) is 0 Å². The molecule has 0 aliphatic heterocycles. The van der Waals surface area contributed by atoms with E-state index in [2.05, 4.69) is 5.32 Å². The van der Waals surface area contributed by atoms with E-state index in [-0.39, 0.29) is 11.7 Å². The summed E-state index contributed by atoms with van der Waals surface area (Å²) in [6.45, 7) is 4.71. The molecule has 3 nitrogen and oxygen atoms in total. The van der Waals surface area contributed by atoms with Gasteiger partial charge in [-0.15, -0.1) is 0 Å². The predicted molar refractivity (Wildman–Crippen MR) is 69.8 cm³/mol. The smallest absolute Gasteiger partial charge is 0.167 e. The van der Waals surface area contributed by atoms with Crippen LogP contribution in [0.4, 0.5) is 0 Å². The number of hydrogen-bond acceptors (Lipinski definition) is 3. The van der Waals surface area contributed by atoms with E-state index in [1.54, 1.807) is 7.11 Å². The standard InChI is InChI=1S/C14H21NO2/c1-5-11(9-15-3)14(16)12-6-7-13(17-4)10(2)8-12/h6-8,11,15H,5,9H2,1-4H3. The molecule has 1 N–H and O–H groups in total. The number of carbonyl (C=O) groups excluding carboxylic acids is 1. The Balaban J connectivity index is 2.92. The lowest BCUT2D eigenvalue weighted by Gasteiger charge is -2.14. The topological polar surface area (TPSA) is 38.3 Å². The second kappa shape index (κ2) is 6.40. The zero-order chi connectivity index (χ0) is 12.8. The first-order valence-electron chi connectivity index (χ1n) is 5.97. The molecule has 0 fully saturated rings. The van der Waals surface area contributed by atoms with E-state index in [1.807, 2.05) is 39.1 Å². The van der Waals surface area contributed by atoms with Gasteiger partial charge in [0.05, 0.1) is 7.11 Å². The first-order chi connectivity index (χ1) is 8.13. The molecule has 0 radical (unpaired) electrons. The lowest BCUT2D eigenvalue weighted by Crippen LogP contribution is -2.25. The fraction of sp³-hybridized carbons (Fsp3) is 0.500. The number of Topliss-reactive ketones (excluding diaryl/α,β-unsaturated/α-hetero) is 1. The Morgan fingerprint density at radius 3 is 2.65 bits per heavy atom. The maximum atomic E-state index is 12.2. The Kier molecular flexibility index (Phi) is 5.16. The molecule has 0 bridgehead atoms. The van der Waals surface area contributed by atoms with Gasteiger partial charge < -0.3 is 10.1 Å². The maximum Gasteiger partial charge on any atom is 0.167 e. The van der Waals surface area contributed by atoms with Crippen molar-refractivity contribution in [2.45, 2.75) is 20.3 Å². The van der Waals surface area contributed by atoms with Gasteiger partial charge in [-0.3, -0.25) is 4.79 Å².